The molecule has 2 rings (SSSR count). The van der Waals surface area contributed by atoms with Gasteiger partial charge in [-0.05, 0) is 45.1 Å². The van der Waals surface area contributed by atoms with E-state index >= 15 is 0 Å². The van der Waals surface area contributed by atoms with Crippen molar-refractivity contribution in [3.63, 3.8) is 0 Å². The fourth-order valence-corrected chi connectivity index (χ4v) is 3.60. The highest BCUT2D eigenvalue weighted by Crippen LogP contribution is 2.36. The Balaban J connectivity index is 2.27. The molecule has 1 atom stereocenters. The molecule has 1 aliphatic heterocycles. The number of nitrogens with zero attached hydrogens (tertiary/aromatic N) is 2. The molecule has 18 heavy (non-hydrogen) atoms. The van der Waals surface area contributed by atoms with Gasteiger partial charge < -0.3 is 0 Å². The van der Waals surface area contributed by atoms with Crippen LogP contribution in [-0.4, -0.2) is 28.2 Å². The third-order valence-corrected chi connectivity index (χ3v) is 4.55. The van der Waals surface area contributed by atoms with Crippen molar-refractivity contribution >= 4 is 11.8 Å². The summed E-state index contributed by atoms with van der Waals surface area (Å²) in [6.45, 7) is 8.04. The number of hydrogen-bond donors (Lipinski definition) is 0. The van der Waals surface area contributed by atoms with Gasteiger partial charge in [-0.25, -0.2) is 4.98 Å². The highest BCUT2D eigenvalue weighted by atomic mass is 32.2. The molecule has 100 valence electrons. The Hall–Kier alpha value is -0.540. The highest BCUT2D eigenvalue weighted by Gasteiger charge is 2.27. The van der Waals surface area contributed by atoms with Gasteiger partial charge in [0.25, 0.3) is 0 Å². The number of hydrogen-bond acceptors (Lipinski definition) is 3. The zero-order valence-corrected chi connectivity index (χ0v) is 12.5. The highest BCUT2D eigenvalue weighted by molar-refractivity contribution is 7.99. The normalized spacial score (nSPS) is 21.4. The molecular formula is C15H24N2S. The van der Waals surface area contributed by atoms with Gasteiger partial charge in [0.1, 0.15) is 5.03 Å². The van der Waals surface area contributed by atoms with E-state index in [0.29, 0.717) is 12.1 Å². The SMILES string of the molecule is CCSc1ncccc1[C@H]1CCCCN1C(C)C. The molecule has 1 aromatic rings. The van der Waals surface area contributed by atoms with Crippen molar-refractivity contribution in [1.82, 2.24) is 9.88 Å². The lowest BCUT2D eigenvalue weighted by molar-refractivity contribution is 0.110. The van der Waals surface area contributed by atoms with Crippen LogP contribution < -0.4 is 0 Å². The van der Waals surface area contributed by atoms with Gasteiger partial charge in [0.2, 0.25) is 0 Å². The first-order valence-electron chi connectivity index (χ1n) is 7.07. The van der Waals surface area contributed by atoms with Crippen molar-refractivity contribution in [3.05, 3.63) is 23.9 Å². The molecule has 0 spiro atoms. The van der Waals surface area contributed by atoms with E-state index in [1.165, 1.54) is 36.4 Å². The third kappa shape index (κ3) is 3.07. The molecule has 3 heteroatoms. The molecule has 1 aromatic heterocycles. The number of thioether (sulfide) groups is 1. The summed E-state index contributed by atoms with van der Waals surface area (Å²) < 4.78 is 0. The van der Waals surface area contributed by atoms with Crippen molar-refractivity contribution in [2.45, 2.75) is 57.1 Å². The minimum absolute atomic E-state index is 0.571. The van der Waals surface area contributed by atoms with Gasteiger partial charge in [-0.15, -0.1) is 11.8 Å². The van der Waals surface area contributed by atoms with E-state index in [2.05, 4.69) is 42.8 Å². The summed E-state index contributed by atoms with van der Waals surface area (Å²) in [5.74, 6) is 1.10. The van der Waals surface area contributed by atoms with Crippen LogP contribution in [0.3, 0.4) is 0 Å². The Morgan fingerprint density at radius 2 is 2.28 bits per heavy atom. The van der Waals surface area contributed by atoms with E-state index in [1.807, 2.05) is 18.0 Å². The van der Waals surface area contributed by atoms with Gasteiger partial charge in [0.15, 0.2) is 0 Å². The molecule has 0 bridgehead atoms. The molecule has 2 nitrogen and oxygen atoms in total. The first kappa shape index (κ1) is 13.9. The zero-order chi connectivity index (χ0) is 13.0. The lowest BCUT2D eigenvalue weighted by Gasteiger charge is -2.39. The summed E-state index contributed by atoms with van der Waals surface area (Å²) in [5.41, 5.74) is 1.44. The molecule has 0 unspecified atom stereocenters. The topological polar surface area (TPSA) is 16.1 Å². The van der Waals surface area contributed by atoms with Crippen molar-refractivity contribution in [2.24, 2.45) is 0 Å². The van der Waals surface area contributed by atoms with Crippen molar-refractivity contribution in [2.75, 3.05) is 12.3 Å². The van der Waals surface area contributed by atoms with Crippen LogP contribution in [0, 0.1) is 0 Å². The maximum Gasteiger partial charge on any atom is 0.101 e. The predicted octanol–water partition coefficient (Wildman–Crippen LogP) is 4.13. The average molecular weight is 264 g/mol. The predicted molar refractivity (Wildman–Crippen MR) is 79.1 cm³/mol. The van der Waals surface area contributed by atoms with Gasteiger partial charge in [0.05, 0.1) is 0 Å². The van der Waals surface area contributed by atoms with Gasteiger partial charge in [-0.1, -0.05) is 19.4 Å². The summed E-state index contributed by atoms with van der Waals surface area (Å²) in [6.07, 6.45) is 5.88. The molecule has 0 aromatic carbocycles. The quantitative estimate of drug-likeness (QED) is 0.761. The number of piperidine rings is 1. The number of pyridine rings is 1. The number of aromatic nitrogens is 1. The number of rotatable bonds is 4. The van der Waals surface area contributed by atoms with Gasteiger partial charge >= 0.3 is 0 Å². The van der Waals surface area contributed by atoms with E-state index in [4.69, 9.17) is 0 Å². The Bertz CT molecular complexity index is 379. The smallest absolute Gasteiger partial charge is 0.101 e. The second-order valence-corrected chi connectivity index (χ2v) is 6.43. The minimum atomic E-state index is 0.571. The minimum Gasteiger partial charge on any atom is -0.294 e. The second-order valence-electron chi connectivity index (χ2n) is 5.17. The fraction of sp³-hybridized carbons (Fsp3) is 0.667. The standard InChI is InChI=1S/C15H24N2S/c1-4-18-15-13(8-7-10-16-15)14-9-5-6-11-17(14)12(2)3/h7-8,10,12,14H,4-6,9,11H2,1-3H3/t14-/m1/s1. The van der Waals surface area contributed by atoms with Crippen molar-refractivity contribution in [3.8, 4) is 0 Å². The van der Waals surface area contributed by atoms with E-state index in [0.717, 1.165) is 5.75 Å². The second kappa shape index (κ2) is 6.58. The van der Waals surface area contributed by atoms with Crippen molar-refractivity contribution < 1.29 is 0 Å². The Kier molecular flexibility index (Phi) is 5.07. The third-order valence-electron chi connectivity index (χ3n) is 3.65. The monoisotopic (exact) mass is 264 g/mol. The maximum atomic E-state index is 4.57. The lowest BCUT2D eigenvalue weighted by Crippen LogP contribution is -2.38. The average Bonchev–Trinajstić information content (AvgIpc) is 2.40. The van der Waals surface area contributed by atoms with E-state index < -0.39 is 0 Å². The molecule has 1 aliphatic rings. The van der Waals surface area contributed by atoms with Crippen molar-refractivity contribution in [1.29, 1.82) is 0 Å². The summed E-state index contributed by atoms with van der Waals surface area (Å²) in [7, 11) is 0. The van der Waals surface area contributed by atoms with E-state index in [1.54, 1.807) is 0 Å². The fourth-order valence-electron chi connectivity index (χ4n) is 2.82. The molecule has 0 radical (unpaired) electrons. The lowest BCUT2D eigenvalue weighted by atomic mass is 9.95. The van der Waals surface area contributed by atoms with Gasteiger partial charge in [-0.3, -0.25) is 4.90 Å². The van der Waals surface area contributed by atoms with E-state index in [9.17, 15) is 0 Å². The summed E-state index contributed by atoms with van der Waals surface area (Å²) in [4.78, 5) is 7.21. The van der Waals surface area contributed by atoms with Crippen LogP contribution in [0.2, 0.25) is 0 Å². The molecule has 0 amide bonds. The molecular weight excluding hydrogens is 240 g/mol. The van der Waals surface area contributed by atoms with Crippen LogP contribution in [0.4, 0.5) is 0 Å². The largest absolute Gasteiger partial charge is 0.294 e. The Morgan fingerprint density at radius 3 is 3.00 bits per heavy atom. The summed E-state index contributed by atoms with van der Waals surface area (Å²) in [5, 5.41) is 1.23. The zero-order valence-electron chi connectivity index (χ0n) is 11.7. The first-order chi connectivity index (χ1) is 8.74. The molecule has 1 fully saturated rings. The van der Waals surface area contributed by atoms with Crippen LogP contribution in [0.5, 0.6) is 0 Å². The van der Waals surface area contributed by atoms with Crippen LogP contribution in [0.15, 0.2) is 23.4 Å². The van der Waals surface area contributed by atoms with Gasteiger partial charge in [0, 0.05) is 23.8 Å². The Morgan fingerprint density at radius 1 is 1.44 bits per heavy atom. The number of likely N-dealkylation sites (tertiary alicyclic amines) is 1. The first-order valence-corrected chi connectivity index (χ1v) is 8.06. The summed E-state index contributed by atoms with van der Waals surface area (Å²) in [6, 6.07) is 5.55. The van der Waals surface area contributed by atoms with Crippen LogP contribution in [-0.2, 0) is 0 Å². The molecule has 1 saturated heterocycles. The Labute approximate surface area is 115 Å². The molecule has 2 heterocycles. The van der Waals surface area contributed by atoms with Crippen LogP contribution in [0.25, 0.3) is 0 Å². The van der Waals surface area contributed by atoms with Crippen LogP contribution in [0.1, 0.15) is 51.6 Å². The summed E-state index contributed by atoms with van der Waals surface area (Å²) >= 11 is 1.87. The van der Waals surface area contributed by atoms with E-state index in [-0.39, 0.29) is 0 Å². The van der Waals surface area contributed by atoms with Gasteiger partial charge in [-0.2, -0.15) is 0 Å². The molecule has 0 aliphatic carbocycles. The maximum absolute atomic E-state index is 4.57. The molecule has 0 N–H and O–H groups in total. The van der Waals surface area contributed by atoms with Crippen LogP contribution >= 0.6 is 11.8 Å². The molecule has 0 saturated carbocycles.